The Hall–Kier alpha value is -3.10. The van der Waals surface area contributed by atoms with E-state index in [1.807, 2.05) is 0 Å². The van der Waals surface area contributed by atoms with E-state index in [0.717, 1.165) is 12.8 Å². The zero-order valence-electron chi connectivity index (χ0n) is 22.4. The van der Waals surface area contributed by atoms with Gasteiger partial charge in [0.1, 0.15) is 12.1 Å². The summed E-state index contributed by atoms with van der Waals surface area (Å²) in [5, 5.41) is 30.7. The number of aliphatic hydroxyl groups is 1. The Balaban J connectivity index is 0.000000678. The molecule has 1 fully saturated rings. The van der Waals surface area contributed by atoms with E-state index in [0.29, 0.717) is 0 Å². The number of anilines is 2. The summed E-state index contributed by atoms with van der Waals surface area (Å²) in [6.07, 6.45) is 1.82. The molecule has 3 rings (SSSR count). The van der Waals surface area contributed by atoms with Gasteiger partial charge in [-0.3, -0.25) is 0 Å². The van der Waals surface area contributed by atoms with Crippen LogP contribution in [0, 0.1) is 11.8 Å². The Morgan fingerprint density at radius 2 is 1.19 bits per heavy atom. The summed E-state index contributed by atoms with van der Waals surface area (Å²) in [5.74, 6) is -3.66. The number of quaternary nitrogens is 1. The number of carboxylic acids is 2. The van der Waals surface area contributed by atoms with Crippen molar-refractivity contribution in [3.63, 3.8) is 0 Å². The highest BCUT2D eigenvalue weighted by Crippen LogP contribution is 2.45. The van der Waals surface area contributed by atoms with Gasteiger partial charge in [-0.05, 0) is 30.7 Å². The minimum absolute atomic E-state index is 0.176. The van der Waals surface area contributed by atoms with Crippen LogP contribution in [-0.4, -0.2) is 55.9 Å². The Morgan fingerprint density at radius 1 is 0.861 bits per heavy atom. The summed E-state index contributed by atoms with van der Waals surface area (Å²) in [7, 11) is 8.28. The Morgan fingerprint density at radius 3 is 1.44 bits per heavy atom. The van der Waals surface area contributed by atoms with Crippen LogP contribution in [0.5, 0.6) is 0 Å². The Labute approximate surface area is 214 Å². The number of carbonyl (C=O) groups is 2. The first-order valence-corrected chi connectivity index (χ1v) is 12.4. The molecule has 1 heterocycles. The van der Waals surface area contributed by atoms with Crippen LogP contribution in [0.25, 0.3) is 0 Å². The molecule has 2 aromatic rings. The molecular formula is C28H41N3O5. The fraction of sp³-hybridized carbons (Fsp3) is 0.500. The van der Waals surface area contributed by atoms with Gasteiger partial charge in [0.05, 0.1) is 5.60 Å². The van der Waals surface area contributed by atoms with Crippen molar-refractivity contribution in [2.45, 2.75) is 51.3 Å². The van der Waals surface area contributed by atoms with Gasteiger partial charge in [-0.25, -0.2) is 4.79 Å². The van der Waals surface area contributed by atoms with Crippen LogP contribution in [0.1, 0.15) is 56.8 Å². The van der Waals surface area contributed by atoms with Gasteiger partial charge in [-0.15, -0.1) is 0 Å². The molecule has 36 heavy (non-hydrogen) atoms. The Bertz CT molecular complexity index is 929. The lowest BCUT2D eigenvalue weighted by Crippen LogP contribution is -2.93. The number of hydrogen-bond acceptors (Lipinski definition) is 6. The standard InChI is InChI=1S/C26H39N3O.C2H2O4/c1-8-17-26(30)18(2)24(20-9-13-22(14-10-20)28(4)5)27-25(19(26)3)21-11-15-23(16-12-21)29(6)7;3-1(4)2(5)6/h9-16,18-19,24-25,27,30H,8,17H2,1-7H3;(H,3,4)(H,5,6). The van der Waals surface area contributed by atoms with Crippen molar-refractivity contribution in [3.8, 4) is 0 Å². The molecule has 2 aromatic carbocycles. The van der Waals surface area contributed by atoms with Gasteiger partial charge in [0.2, 0.25) is 0 Å². The molecule has 1 saturated heterocycles. The molecule has 0 bridgehead atoms. The van der Waals surface area contributed by atoms with Crippen LogP contribution in [0.15, 0.2) is 48.5 Å². The summed E-state index contributed by atoms with van der Waals surface area (Å²) in [6.45, 7) is 6.65. The van der Waals surface area contributed by atoms with E-state index < -0.39 is 17.5 Å². The van der Waals surface area contributed by atoms with Crippen molar-refractivity contribution in [2.24, 2.45) is 11.8 Å². The summed E-state index contributed by atoms with van der Waals surface area (Å²) in [5.41, 5.74) is 4.32. The molecule has 198 valence electrons. The lowest BCUT2D eigenvalue weighted by Gasteiger charge is -2.49. The van der Waals surface area contributed by atoms with Crippen LogP contribution in [0.4, 0.5) is 11.4 Å². The lowest BCUT2D eigenvalue weighted by atomic mass is 9.64. The van der Waals surface area contributed by atoms with E-state index in [1.165, 1.54) is 22.5 Å². The highest BCUT2D eigenvalue weighted by Gasteiger charge is 2.53. The number of hydrogen-bond donors (Lipinski definition) is 3. The van der Waals surface area contributed by atoms with Gasteiger partial charge in [0.15, 0.2) is 5.97 Å². The normalized spacial score (nSPS) is 25.3. The van der Waals surface area contributed by atoms with Gasteiger partial charge in [-0.2, -0.15) is 0 Å². The highest BCUT2D eigenvalue weighted by molar-refractivity contribution is 6.26. The van der Waals surface area contributed by atoms with Crippen molar-refractivity contribution >= 4 is 23.3 Å². The minimum Gasteiger partial charge on any atom is -0.539 e. The number of benzene rings is 2. The maximum atomic E-state index is 11.9. The summed E-state index contributed by atoms with van der Waals surface area (Å²) < 4.78 is 0. The smallest absolute Gasteiger partial charge is 0.351 e. The van der Waals surface area contributed by atoms with Crippen LogP contribution in [0.3, 0.4) is 0 Å². The maximum Gasteiger partial charge on any atom is 0.351 e. The molecule has 0 spiro atoms. The van der Waals surface area contributed by atoms with E-state index in [2.05, 4.69) is 113 Å². The monoisotopic (exact) mass is 499 g/mol. The molecule has 4 N–H and O–H groups in total. The van der Waals surface area contributed by atoms with Crippen molar-refractivity contribution in [2.75, 3.05) is 38.0 Å². The average molecular weight is 500 g/mol. The number of piperidine rings is 1. The first-order valence-electron chi connectivity index (χ1n) is 12.4. The van der Waals surface area contributed by atoms with Crippen molar-refractivity contribution < 1.29 is 30.2 Å². The second kappa shape index (κ2) is 12.2. The molecule has 1 aliphatic rings. The summed E-state index contributed by atoms with van der Waals surface area (Å²) in [4.78, 5) is 22.3. The molecule has 8 heteroatoms. The number of aliphatic carboxylic acids is 2. The van der Waals surface area contributed by atoms with Gasteiger partial charge in [-0.1, -0.05) is 51.5 Å². The first kappa shape index (κ1) is 29.1. The number of nitrogens with zero attached hydrogens (tertiary/aromatic N) is 2. The van der Waals surface area contributed by atoms with Crippen LogP contribution < -0.4 is 20.2 Å². The fourth-order valence-electron chi connectivity index (χ4n) is 5.24. The predicted octanol–water partition coefficient (Wildman–Crippen LogP) is 1.80. The van der Waals surface area contributed by atoms with E-state index in [-0.39, 0.29) is 23.9 Å². The Kier molecular flexibility index (Phi) is 9.90. The van der Waals surface area contributed by atoms with Crippen molar-refractivity contribution in [1.82, 2.24) is 0 Å². The van der Waals surface area contributed by atoms with Crippen LogP contribution in [0.2, 0.25) is 0 Å². The largest absolute Gasteiger partial charge is 0.539 e. The lowest BCUT2D eigenvalue weighted by molar-refractivity contribution is -0.764. The zero-order valence-corrected chi connectivity index (χ0v) is 22.4. The topological polar surface area (TPSA) is 121 Å². The molecule has 0 amide bonds. The molecule has 4 atom stereocenters. The average Bonchev–Trinajstić information content (AvgIpc) is 2.84. The number of nitrogens with two attached hydrogens (primary N) is 1. The molecule has 8 nitrogen and oxygen atoms in total. The molecule has 0 aliphatic carbocycles. The van der Waals surface area contributed by atoms with Gasteiger partial charge >= 0.3 is 5.97 Å². The summed E-state index contributed by atoms with van der Waals surface area (Å²) in [6, 6.07) is 18.2. The summed E-state index contributed by atoms with van der Waals surface area (Å²) >= 11 is 0. The molecular weight excluding hydrogens is 458 g/mol. The third kappa shape index (κ3) is 6.56. The molecule has 0 radical (unpaired) electrons. The predicted molar refractivity (Wildman–Crippen MR) is 140 cm³/mol. The van der Waals surface area contributed by atoms with Crippen molar-refractivity contribution in [3.05, 3.63) is 59.7 Å². The van der Waals surface area contributed by atoms with E-state index in [4.69, 9.17) is 19.8 Å². The fourth-order valence-corrected chi connectivity index (χ4v) is 5.24. The van der Waals surface area contributed by atoms with Gasteiger partial charge in [0, 0.05) is 62.5 Å². The van der Waals surface area contributed by atoms with E-state index in [1.54, 1.807) is 0 Å². The minimum atomic E-state index is -2.07. The number of rotatable bonds is 6. The van der Waals surface area contributed by atoms with Crippen LogP contribution >= 0.6 is 0 Å². The molecule has 4 unspecified atom stereocenters. The third-order valence-corrected chi connectivity index (χ3v) is 7.48. The number of carboxylic acid groups (broad SMARTS) is 2. The van der Waals surface area contributed by atoms with E-state index in [9.17, 15) is 5.11 Å². The molecule has 1 aliphatic heterocycles. The number of carbonyl (C=O) groups excluding carboxylic acids is 1. The molecule has 0 aromatic heterocycles. The quantitative estimate of drug-likeness (QED) is 0.518. The van der Waals surface area contributed by atoms with Crippen molar-refractivity contribution in [1.29, 1.82) is 0 Å². The highest BCUT2D eigenvalue weighted by atomic mass is 16.4. The van der Waals surface area contributed by atoms with Gasteiger partial charge < -0.3 is 35.2 Å². The third-order valence-electron chi connectivity index (χ3n) is 7.48. The maximum absolute atomic E-state index is 11.9. The first-order chi connectivity index (χ1) is 16.8. The van der Waals surface area contributed by atoms with Crippen LogP contribution in [-0.2, 0) is 9.59 Å². The molecule has 0 saturated carbocycles. The van der Waals surface area contributed by atoms with E-state index >= 15 is 0 Å². The second-order valence-corrected chi connectivity index (χ2v) is 10.1. The SMILES string of the molecule is CCCC1(O)C(C)C(c2ccc(N(C)C)cc2)[NH2+]C(c2ccc(N(C)C)cc2)C1C.O=C([O-])C(=O)O. The zero-order chi connectivity index (χ0) is 27.2. The van der Waals surface area contributed by atoms with Gasteiger partial charge in [0.25, 0.3) is 0 Å². The second-order valence-electron chi connectivity index (χ2n) is 10.1.